The molecule has 6 heteroatoms. The fourth-order valence-electron chi connectivity index (χ4n) is 2.06. The van der Waals surface area contributed by atoms with E-state index in [1.807, 2.05) is 6.07 Å². The number of carbonyl (C=O) groups is 1. The van der Waals surface area contributed by atoms with Gasteiger partial charge in [-0.1, -0.05) is 6.07 Å². The Morgan fingerprint density at radius 3 is 2.81 bits per heavy atom. The van der Waals surface area contributed by atoms with Crippen molar-refractivity contribution in [3.63, 3.8) is 0 Å². The van der Waals surface area contributed by atoms with Crippen molar-refractivity contribution in [1.82, 2.24) is 9.55 Å². The van der Waals surface area contributed by atoms with Crippen molar-refractivity contribution in [1.29, 1.82) is 5.26 Å². The van der Waals surface area contributed by atoms with Gasteiger partial charge in [-0.15, -0.1) is 0 Å². The minimum atomic E-state index is -0.440. The number of methoxy groups -OCH3 is 2. The molecule has 2 rings (SSSR count). The lowest BCUT2D eigenvalue weighted by Gasteiger charge is -2.10. The summed E-state index contributed by atoms with van der Waals surface area (Å²) < 4.78 is 11.6. The zero-order valence-corrected chi connectivity index (χ0v) is 12.1. The van der Waals surface area contributed by atoms with Crippen LogP contribution < -0.4 is 4.74 Å². The molecule has 21 heavy (non-hydrogen) atoms. The quantitative estimate of drug-likeness (QED) is 0.802. The van der Waals surface area contributed by atoms with Crippen molar-refractivity contribution < 1.29 is 14.3 Å². The monoisotopic (exact) mass is 285 g/mol. The van der Waals surface area contributed by atoms with E-state index in [2.05, 4.69) is 11.1 Å². The van der Waals surface area contributed by atoms with E-state index in [9.17, 15) is 4.79 Å². The number of ether oxygens (including phenoxy) is 2. The summed E-state index contributed by atoms with van der Waals surface area (Å²) >= 11 is 0. The minimum Gasteiger partial charge on any atom is -0.495 e. The van der Waals surface area contributed by atoms with Crippen molar-refractivity contribution in [2.45, 2.75) is 13.5 Å². The maximum Gasteiger partial charge on any atom is 0.356 e. The van der Waals surface area contributed by atoms with Crippen LogP contribution in [0.4, 0.5) is 0 Å². The van der Waals surface area contributed by atoms with E-state index in [1.165, 1.54) is 20.4 Å². The number of nitriles is 1. The van der Waals surface area contributed by atoms with Gasteiger partial charge in [-0.05, 0) is 24.6 Å². The van der Waals surface area contributed by atoms with Gasteiger partial charge in [-0.2, -0.15) is 5.26 Å². The molecule has 0 radical (unpaired) electrons. The molecule has 0 fully saturated rings. The molecule has 0 N–H and O–H groups in total. The van der Waals surface area contributed by atoms with E-state index in [4.69, 9.17) is 14.7 Å². The van der Waals surface area contributed by atoms with E-state index in [0.717, 1.165) is 5.56 Å². The number of nitrogens with zero attached hydrogens (tertiary/aromatic N) is 3. The molecule has 1 heterocycles. The molecular weight excluding hydrogens is 270 g/mol. The first-order valence-electron chi connectivity index (χ1n) is 6.28. The minimum absolute atomic E-state index is 0.379. The number of carbonyl (C=O) groups excluding carboxylic acids is 1. The van der Waals surface area contributed by atoms with Crippen LogP contribution in [0, 0.1) is 18.3 Å². The normalized spacial score (nSPS) is 10.0. The number of imidazole rings is 1. The molecule has 0 spiro atoms. The molecule has 0 atom stereocenters. The fourth-order valence-corrected chi connectivity index (χ4v) is 2.06. The summed E-state index contributed by atoms with van der Waals surface area (Å²) in [5.41, 5.74) is 1.70. The number of rotatable bonds is 4. The van der Waals surface area contributed by atoms with Crippen LogP contribution >= 0.6 is 0 Å². The van der Waals surface area contributed by atoms with E-state index in [0.29, 0.717) is 29.4 Å². The maximum absolute atomic E-state index is 11.7. The predicted molar refractivity (Wildman–Crippen MR) is 75.1 cm³/mol. The highest BCUT2D eigenvalue weighted by atomic mass is 16.5. The van der Waals surface area contributed by atoms with Crippen LogP contribution in [0.3, 0.4) is 0 Å². The molecular formula is C15H15N3O3. The van der Waals surface area contributed by atoms with Crippen LogP contribution in [0.15, 0.2) is 24.4 Å². The third kappa shape index (κ3) is 2.87. The molecule has 0 aliphatic carbocycles. The number of aryl methyl sites for hydroxylation is 1. The first-order chi connectivity index (χ1) is 10.1. The summed E-state index contributed by atoms with van der Waals surface area (Å²) in [6.07, 6.45) is 1.48. The molecule has 0 aliphatic heterocycles. The molecule has 0 saturated carbocycles. The standard InChI is InChI=1S/C15H15N3O3/c1-10-17-8-13(15(19)21-3)18(10)9-11-4-5-14(20-2)12(6-11)7-16/h4-6,8H,9H2,1-3H3. The van der Waals surface area contributed by atoms with Crippen LogP contribution in [0.1, 0.15) is 27.4 Å². The summed E-state index contributed by atoms with van der Waals surface area (Å²) in [7, 11) is 2.85. The summed E-state index contributed by atoms with van der Waals surface area (Å²) in [6.45, 7) is 2.23. The van der Waals surface area contributed by atoms with Gasteiger partial charge in [0, 0.05) is 6.54 Å². The van der Waals surface area contributed by atoms with Crippen LogP contribution in [-0.2, 0) is 11.3 Å². The highest BCUT2D eigenvalue weighted by molar-refractivity contribution is 5.87. The lowest BCUT2D eigenvalue weighted by atomic mass is 10.1. The van der Waals surface area contributed by atoms with E-state index in [-0.39, 0.29) is 0 Å². The summed E-state index contributed by atoms with van der Waals surface area (Å²) in [5, 5.41) is 9.11. The van der Waals surface area contributed by atoms with Gasteiger partial charge in [0.25, 0.3) is 0 Å². The highest BCUT2D eigenvalue weighted by Crippen LogP contribution is 2.20. The third-order valence-electron chi connectivity index (χ3n) is 3.17. The van der Waals surface area contributed by atoms with Crippen LogP contribution in [-0.4, -0.2) is 29.7 Å². The average molecular weight is 285 g/mol. The fraction of sp³-hybridized carbons (Fsp3) is 0.267. The second-order valence-corrected chi connectivity index (χ2v) is 4.41. The molecule has 2 aromatic rings. The molecule has 0 unspecified atom stereocenters. The van der Waals surface area contributed by atoms with Gasteiger partial charge in [-0.3, -0.25) is 0 Å². The number of hydrogen-bond donors (Lipinski definition) is 0. The number of hydrogen-bond acceptors (Lipinski definition) is 5. The molecule has 108 valence electrons. The van der Waals surface area contributed by atoms with E-state index >= 15 is 0 Å². The second-order valence-electron chi connectivity index (χ2n) is 4.41. The summed E-state index contributed by atoms with van der Waals surface area (Å²) in [5.74, 6) is 0.783. The van der Waals surface area contributed by atoms with E-state index in [1.54, 1.807) is 23.6 Å². The molecule has 1 aromatic heterocycles. The van der Waals surface area contributed by atoms with Crippen LogP contribution in [0.2, 0.25) is 0 Å². The largest absolute Gasteiger partial charge is 0.495 e. The number of esters is 1. The van der Waals surface area contributed by atoms with Crippen LogP contribution in [0.5, 0.6) is 5.75 Å². The predicted octanol–water partition coefficient (Wildman–Crippen LogP) is 1.91. The number of aromatic nitrogens is 2. The van der Waals surface area contributed by atoms with Gasteiger partial charge in [0.1, 0.15) is 23.3 Å². The lowest BCUT2D eigenvalue weighted by Crippen LogP contribution is -2.12. The van der Waals surface area contributed by atoms with Gasteiger partial charge in [0.15, 0.2) is 0 Å². The Bertz CT molecular complexity index is 713. The molecule has 0 saturated heterocycles. The molecule has 1 aromatic carbocycles. The first kappa shape index (κ1) is 14.6. The SMILES string of the molecule is COC(=O)c1cnc(C)n1Cc1ccc(OC)c(C#N)c1. The molecule has 0 aliphatic rings. The molecule has 6 nitrogen and oxygen atoms in total. The molecule has 0 bridgehead atoms. The third-order valence-corrected chi connectivity index (χ3v) is 3.17. The smallest absolute Gasteiger partial charge is 0.356 e. The average Bonchev–Trinajstić information content (AvgIpc) is 2.87. The van der Waals surface area contributed by atoms with Crippen molar-refractivity contribution >= 4 is 5.97 Å². The summed E-state index contributed by atoms with van der Waals surface area (Å²) in [6, 6.07) is 7.41. The first-order valence-corrected chi connectivity index (χ1v) is 6.28. The second kappa shape index (κ2) is 6.09. The van der Waals surface area contributed by atoms with Crippen molar-refractivity contribution in [3.8, 4) is 11.8 Å². The van der Waals surface area contributed by atoms with Crippen LogP contribution in [0.25, 0.3) is 0 Å². The van der Waals surface area contributed by atoms with Crippen molar-refractivity contribution in [2.24, 2.45) is 0 Å². The van der Waals surface area contributed by atoms with Crippen molar-refractivity contribution in [3.05, 3.63) is 47.0 Å². The van der Waals surface area contributed by atoms with Crippen molar-refractivity contribution in [2.75, 3.05) is 14.2 Å². The topological polar surface area (TPSA) is 77.1 Å². The zero-order chi connectivity index (χ0) is 15.4. The Balaban J connectivity index is 2.37. The Labute approximate surface area is 122 Å². The van der Waals surface area contributed by atoms with Gasteiger partial charge in [0.05, 0.1) is 26.0 Å². The lowest BCUT2D eigenvalue weighted by molar-refractivity contribution is 0.0588. The Hall–Kier alpha value is -2.81. The van der Waals surface area contributed by atoms with E-state index < -0.39 is 5.97 Å². The van der Waals surface area contributed by atoms with Gasteiger partial charge >= 0.3 is 5.97 Å². The summed E-state index contributed by atoms with van der Waals surface area (Å²) in [4.78, 5) is 15.8. The zero-order valence-electron chi connectivity index (χ0n) is 12.1. The molecule has 0 amide bonds. The Kier molecular flexibility index (Phi) is 4.24. The van der Waals surface area contributed by atoms with Gasteiger partial charge in [-0.25, -0.2) is 9.78 Å². The number of benzene rings is 1. The Morgan fingerprint density at radius 1 is 1.43 bits per heavy atom. The van der Waals surface area contributed by atoms with Gasteiger partial charge in [0.2, 0.25) is 0 Å². The maximum atomic E-state index is 11.7. The highest BCUT2D eigenvalue weighted by Gasteiger charge is 2.15. The Morgan fingerprint density at radius 2 is 2.19 bits per heavy atom. The van der Waals surface area contributed by atoms with Gasteiger partial charge < -0.3 is 14.0 Å².